The summed E-state index contributed by atoms with van der Waals surface area (Å²) in [5.41, 5.74) is 7.05. The van der Waals surface area contributed by atoms with Gasteiger partial charge in [-0.2, -0.15) is 0 Å². The lowest BCUT2D eigenvalue weighted by Crippen LogP contribution is -2.42. The topological polar surface area (TPSA) is 126 Å². The predicted molar refractivity (Wildman–Crippen MR) is 92.2 cm³/mol. The van der Waals surface area contributed by atoms with E-state index in [1.54, 1.807) is 24.5 Å². The number of furan rings is 1. The maximum atomic E-state index is 12.7. The van der Waals surface area contributed by atoms with E-state index in [0.29, 0.717) is 12.1 Å². The van der Waals surface area contributed by atoms with Gasteiger partial charge in [0, 0.05) is 29.8 Å². The largest absolute Gasteiger partial charge is 0.480 e. The Hall–Kier alpha value is -3.29. The molecule has 0 saturated heterocycles. The van der Waals surface area contributed by atoms with Crippen LogP contribution in [0, 0.1) is 0 Å². The second-order valence-electron chi connectivity index (χ2n) is 6.06. The van der Waals surface area contributed by atoms with E-state index >= 15 is 0 Å². The molecule has 0 saturated carbocycles. The van der Waals surface area contributed by atoms with E-state index in [1.165, 1.54) is 4.90 Å². The molecule has 1 aliphatic rings. The Morgan fingerprint density at radius 1 is 1.31 bits per heavy atom. The van der Waals surface area contributed by atoms with E-state index in [-0.39, 0.29) is 25.3 Å². The van der Waals surface area contributed by atoms with Crippen molar-refractivity contribution in [3.05, 3.63) is 53.5 Å². The standard InChI is InChI=1S/C18H19N3O5/c19-16(22)7-6-15(18(24)25)21-10-13-12(17(21)23)4-1-5-14(13)20-9-11-3-2-8-26-11/h1-5,8,15,20H,6-7,9-10H2,(H2,19,22)(H,24,25). The summed E-state index contributed by atoms with van der Waals surface area (Å²) >= 11 is 0. The zero-order valence-corrected chi connectivity index (χ0v) is 14.0. The highest BCUT2D eigenvalue weighted by molar-refractivity contribution is 6.02. The molecule has 0 fully saturated rings. The molecule has 1 aromatic heterocycles. The lowest BCUT2D eigenvalue weighted by atomic mass is 10.1. The number of carboxylic acids is 1. The predicted octanol–water partition coefficient (Wildman–Crippen LogP) is 1.57. The lowest BCUT2D eigenvalue weighted by molar-refractivity contribution is -0.142. The van der Waals surface area contributed by atoms with Gasteiger partial charge in [-0.3, -0.25) is 9.59 Å². The number of anilines is 1. The third kappa shape index (κ3) is 3.53. The van der Waals surface area contributed by atoms with Gasteiger partial charge >= 0.3 is 5.97 Å². The molecule has 0 radical (unpaired) electrons. The fourth-order valence-electron chi connectivity index (χ4n) is 3.06. The molecule has 0 bridgehead atoms. The van der Waals surface area contributed by atoms with Crippen LogP contribution < -0.4 is 11.1 Å². The van der Waals surface area contributed by atoms with Gasteiger partial charge in [-0.05, 0) is 30.7 Å². The van der Waals surface area contributed by atoms with Gasteiger partial charge in [0.2, 0.25) is 5.91 Å². The molecule has 1 unspecified atom stereocenters. The van der Waals surface area contributed by atoms with Gasteiger partial charge in [-0.15, -0.1) is 0 Å². The molecule has 3 rings (SSSR count). The maximum Gasteiger partial charge on any atom is 0.326 e. The van der Waals surface area contributed by atoms with Gasteiger partial charge in [-0.25, -0.2) is 4.79 Å². The molecule has 8 nitrogen and oxygen atoms in total. The Morgan fingerprint density at radius 2 is 2.12 bits per heavy atom. The first-order valence-corrected chi connectivity index (χ1v) is 8.17. The molecule has 1 aliphatic heterocycles. The number of carboxylic acid groups (broad SMARTS) is 1. The SMILES string of the molecule is NC(=O)CCC(C(=O)O)N1Cc2c(NCc3ccco3)cccc2C1=O. The Labute approximate surface area is 149 Å². The summed E-state index contributed by atoms with van der Waals surface area (Å²) in [5.74, 6) is -1.37. The number of carbonyl (C=O) groups is 3. The molecule has 8 heteroatoms. The maximum absolute atomic E-state index is 12.7. The van der Waals surface area contributed by atoms with Crippen molar-refractivity contribution in [2.75, 3.05) is 5.32 Å². The molecule has 2 heterocycles. The first-order valence-electron chi connectivity index (χ1n) is 8.17. The summed E-state index contributed by atoms with van der Waals surface area (Å²) < 4.78 is 5.28. The molecule has 2 amide bonds. The molecule has 0 spiro atoms. The number of nitrogens with two attached hydrogens (primary N) is 1. The van der Waals surface area contributed by atoms with Crippen LogP contribution in [0.2, 0.25) is 0 Å². The van der Waals surface area contributed by atoms with Crippen LogP contribution in [0.15, 0.2) is 41.0 Å². The smallest absolute Gasteiger partial charge is 0.326 e. The van der Waals surface area contributed by atoms with E-state index in [0.717, 1.165) is 17.0 Å². The zero-order valence-electron chi connectivity index (χ0n) is 14.0. The summed E-state index contributed by atoms with van der Waals surface area (Å²) in [4.78, 5) is 36.5. The monoisotopic (exact) mass is 357 g/mol. The number of nitrogens with one attached hydrogen (secondary N) is 1. The number of hydrogen-bond donors (Lipinski definition) is 3. The van der Waals surface area contributed by atoms with Gasteiger partial charge in [0.15, 0.2) is 0 Å². The van der Waals surface area contributed by atoms with E-state index in [2.05, 4.69) is 5.32 Å². The van der Waals surface area contributed by atoms with Crippen LogP contribution in [0.3, 0.4) is 0 Å². The van der Waals surface area contributed by atoms with Crippen LogP contribution in [0.5, 0.6) is 0 Å². The summed E-state index contributed by atoms with van der Waals surface area (Å²) in [6.45, 7) is 0.604. The van der Waals surface area contributed by atoms with E-state index in [1.807, 2.05) is 12.1 Å². The first-order chi connectivity index (χ1) is 12.5. The average molecular weight is 357 g/mol. The van der Waals surface area contributed by atoms with Crippen molar-refractivity contribution in [1.29, 1.82) is 0 Å². The lowest BCUT2D eigenvalue weighted by Gasteiger charge is -2.23. The third-order valence-corrected chi connectivity index (χ3v) is 4.35. The Morgan fingerprint density at radius 3 is 2.77 bits per heavy atom. The Balaban J connectivity index is 1.79. The van der Waals surface area contributed by atoms with Gasteiger partial charge in [0.05, 0.1) is 12.8 Å². The van der Waals surface area contributed by atoms with Crippen molar-refractivity contribution < 1.29 is 23.9 Å². The first kappa shape index (κ1) is 17.5. The van der Waals surface area contributed by atoms with Crippen molar-refractivity contribution in [1.82, 2.24) is 4.90 Å². The van der Waals surface area contributed by atoms with Crippen LogP contribution >= 0.6 is 0 Å². The molecule has 0 aliphatic carbocycles. The number of hydrogen-bond acceptors (Lipinski definition) is 5. The van der Waals surface area contributed by atoms with Crippen LogP contribution in [0.25, 0.3) is 0 Å². The van der Waals surface area contributed by atoms with Crippen molar-refractivity contribution in [2.45, 2.75) is 32.0 Å². The van der Waals surface area contributed by atoms with Crippen LogP contribution in [-0.2, 0) is 22.7 Å². The van der Waals surface area contributed by atoms with Gasteiger partial charge in [-0.1, -0.05) is 6.07 Å². The summed E-state index contributed by atoms with van der Waals surface area (Å²) in [6.07, 6.45) is 1.47. The van der Waals surface area contributed by atoms with Crippen LogP contribution in [0.4, 0.5) is 5.69 Å². The fourth-order valence-corrected chi connectivity index (χ4v) is 3.06. The van der Waals surface area contributed by atoms with Gasteiger partial charge in [0.1, 0.15) is 11.8 Å². The number of carbonyl (C=O) groups excluding carboxylic acids is 2. The minimum absolute atomic E-state index is 0.0143. The summed E-state index contributed by atoms with van der Waals surface area (Å²) in [6, 6.07) is 7.76. The summed E-state index contributed by atoms with van der Waals surface area (Å²) in [7, 11) is 0. The Bertz CT molecular complexity index is 831. The second kappa shape index (κ2) is 7.30. The van der Waals surface area contributed by atoms with Crippen molar-refractivity contribution in [3.63, 3.8) is 0 Å². The van der Waals surface area contributed by atoms with Crippen molar-refractivity contribution in [2.24, 2.45) is 5.73 Å². The third-order valence-electron chi connectivity index (χ3n) is 4.35. The van der Waals surface area contributed by atoms with Gasteiger partial charge in [0.25, 0.3) is 5.91 Å². The number of nitrogens with zero attached hydrogens (tertiary/aromatic N) is 1. The highest BCUT2D eigenvalue weighted by Gasteiger charge is 2.37. The number of aliphatic carboxylic acids is 1. The molecule has 2 aromatic rings. The van der Waals surface area contributed by atoms with Crippen molar-refractivity contribution in [3.8, 4) is 0 Å². The second-order valence-corrected chi connectivity index (χ2v) is 6.06. The quantitative estimate of drug-likeness (QED) is 0.658. The molecular formula is C18H19N3O5. The van der Waals surface area contributed by atoms with Crippen LogP contribution in [0.1, 0.15) is 34.5 Å². The average Bonchev–Trinajstić information content (AvgIpc) is 3.22. The highest BCUT2D eigenvalue weighted by atomic mass is 16.4. The van der Waals surface area contributed by atoms with E-state index in [4.69, 9.17) is 10.2 Å². The minimum Gasteiger partial charge on any atom is -0.480 e. The van der Waals surface area contributed by atoms with Crippen molar-refractivity contribution >= 4 is 23.5 Å². The molecule has 136 valence electrons. The summed E-state index contributed by atoms with van der Waals surface area (Å²) in [5, 5.41) is 12.7. The van der Waals surface area contributed by atoms with Crippen LogP contribution in [-0.4, -0.2) is 33.8 Å². The number of fused-ring (bicyclic) bond motifs is 1. The van der Waals surface area contributed by atoms with Gasteiger partial charge < -0.3 is 25.5 Å². The zero-order chi connectivity index (χ0) is 18.7. The molecule has 4 N–H and O–H groups in total. The number of rotatable bonds is 8. The molecule has 26 heavy (non-hydrogen) atoms. The molecule has 1 aromatic carbocycles. The molecule has 1 atom stereocenters. The normalized spacial score (nSPS) is 14.2. The minimum atomic E-state index is -1.16. The fraction of sp³-hybridized carbons (Fsp3) is 0.278. The van der Waals surface area contributed by atoms with E-state index in [9.17, 15) is 19.5 Å². The molecular weight excluding hydrogens is 338 g/mol. The number of amides is 2. The van der Waals surface area contributed by atoms with E-state index < -0.39 is 17.9 Å². The Kier molecular flexibility index (Phi) is 4.92. The number of benzene rings is 1. The number of primary amides is 1. The highest BCUT2D eigenvalue weighted by Crippen LogP contribution is 2.32.